The van der Waals surface area contributed by atoms with Crippen LogP contribution in [0.4, 0.5) is 0 Å². The summed E-state index contributed by atoms with van der Waals surface area (Å²) in [5.74, 6) is 1.72. The Morgan fingerprint density at radius 3 is 2.72 bits per heavy atom. The molecule has 1 fully saturated rings. The van der Waals surface area contributed by atoms with E-state index in [1.54, 1.807) is 0 Å². The van der Waals surface area contributed by atoms with Crippen molar-refractivity contribution in [2.45, 2.75) is 32.2 Å². The normalized spacial score (nSPS) is 16.2. The summed E-state index contributed by atoms with van der Waals surface area (Å²) < 4.78 is 0. The number of aromatic amines is 2. The molecule has 1 aliphatic heterocycles. The molecule has 3 N–H and O–H groups in total. The van der Waals surface area contributed by atoms with E-state index in [0.29, 0.717) is 5.92 Å². The van der Waals surface area contributed by atoms with E-state index in [0.717, 1.165) is 43.8 Å². The SMILES string of the molecule is Cc1cc2c(CNCCN3CCC(c4nc5ccccc5[nH]4)CC3)cccc2[nH]1. The molecule has 150 valence electrons. The summed E-state index contributed by atoms with van der Waals surface area (Å²) >= 11 is 0. The number of hydrogen-bond donors (Lipinski definition) is 3. The number of rotatable bonds is 6. The van der Waals surface area contributed by atoms with E-state index >= 15 is 0 Å². The molecule has 0 saturated carbocycles. The van der Waals surface area contributed by atoms with Gasteiger partial charge < -0.3 is 20.2 Å². The molecule has 0 spiro atoms. The second-order valence-electron chi connectivity index (χ2n) is 8.26. The van der Waals surface area contributed by atoms with Gasteiger partial charge in [0, 0.05) is 42.1 Å². The molecule has 5 nitrogen and oxygen atoms in total. The van der Waals surface area contributed by atoms with Gasteiger partial charge in [0.25, 0.3) is 0 Å². The lowest BCUT2D eigenvalue weighted by Crippen LogP contribution is -2.37. The lowest BCUT2D eigenvalue weighted by atomic mass is 9.96. The number of imidazole rings is 1. The standard InChI is InChI=1S/C24H29N5/c1-17-15-20-19(5-4-8-21(20)26-17)16-25-11-14-29-12-9-18(10-13-29)24-27-22-6-2-3-7-23(22)28-24/h2-8,15,18,25-26H,9-14,16H2,1H3,(H,27,28). The zero-order chi connectivity index (χ0) is 19.6. The molecule has 0 radical (unpaired) electrons. The van der Waals surface area contributed by atoms with Gasteiger partial charge in [0.05, 0.1) is 11.0 Å². The van der Waals surface area contributed by atoms with Crippen LogP contribution in [0.15, 0.2) is 48.5 Å². The molecule has 5 heteroatoms. The summed E-state index contributed by atoms with van der Waals surface area (Å²) in [6, 6.07) is 17.1. The summed E-state index contributed by atoms with van der Waals surface area (Å²) in [5, 5.41) is 4.97. The first-order valence-electron chi connectivity index (χ1n) is 10.7. The third-order valence-corrected chi connectivity index (χ3v) is 6.19. The largest absolute Gasteiger partial charge is 0.359 e. The maximum atomic E-state index is 4.81. The summed E-state index contributed by atoms with van der Waals surface area (Å²) in [4.78, 5) is 14.3. The first kappa shape index (κ1) is 18.4. The first-order valence-corrected chi connectivity index (χ1v) is 10.7. The average Bonchev–Trinajstić information content (AvgIpc) is 3.34. The van der Waals surface area contributed by atoms with E-state index in [-0.39, 0.29) is 0 Å². The number of likely N-dealkylation sites (tertiary alicyclic amines) is 1. The van der Waals surface area contributed by atoms with Gasteiger partial charge in [-0.15, -0.1) is 0 Å². The predicted molar refractivity (Wildman–Crippen MR) is 119 cm³/mol. The minimum Gasteiger partial charge on any atom is -0.359 e. The Hall–Kier alpha value is -2.63. The number of nitrogens with one attached hydrogen (secondary N) is 3. The summed E-state index contributed by atoms with van der Waals surface area (Å²) in [6.07, 6.45) is 2.36. The highest BCUT2D eigenvalue weighted by atomic mass is 15.1. The van der Waals surface area contributed by atoms with E-state index in [2.05, 4.69) is 75.6 Å². The van der Waals surface area contributed by atoms with Crippen LogP contribution in [0.3, 0.4) is 0 Å². The predicted octanol–water partition coefficient (Wildman–Crippen LogP) is 4.32. The van der Waals surface area contributed by atoms with Crippen molar-refractivity contribution in [3.05, 3.63) is 65.6 Å². The van der Waals surface area contributed by atoms with Crippen LogP contribution in [0.2, 0.25) is 0 Å². The number of nitrogens with zero attached hydrogens (tertiary/aromatic N) is 2. The van der Waals surface area contributed by atoms with E-state index in [1.165, 1.54) is 40.8 Å². The average molecular weight is 388 g/mol. The molecule has 2 aromatic carbocycles. The topological polar surface area (TPSA) is 59.7 Å². The fraction of sp³-hybridized carbons (Fsp3) is 0.375. The van der Waals surface area contributed by atoms with Crippen molar-refractivity contribution in [1.29, 1.82) is 0 Å². The van der Waals surface area contributed by atoms with Crippen molar-refractivity contribution in [3.8, 4) is 0 Å². The van der Waals surface area contributed by atoms with Crippen molar-refractivity contribution >= 4 is 21.9 Å². The molecule has 0 unspecified atom stereocenters. The number of aryl methyl sites for hydroxylation is 1. The second kappa shape index (κ2) is 8.01. The summed E-state index contributed by atoms with van der Waals surface area (Å²) in [7, 11) is 0. The lowest BCUT2D eigenvalue weighted by molar-refractivity contribution is 0.210. The summed E-state index contributed by atoms with van der Waals surface area (Å²) in [6.45, 7) is 7.46. The maximum Gasteiger partial charge on any atom is 0.110 e. The van der Waals surface area contributed by atoms with Crippen LogP contribution >= 0.6 is 0 Å². The number of H-pyrrole nitrogens is 2. The fourth-order valence-electron chi connectivity index (χ4n) is 4.57. The molecule has 3 heterocycles. The molecule has 0 aliphatic carbocycles. The van der Waals surface area contributed by atoms with Gasteiger partial charge in [0.15, 0.2) is 0 Å². The molecular formula is C24H29N5. The van der Waals surface area contributed by atoms with Crippen LogP contribution in [0.5, 0.6) is 0 Å². The third kappa shape index (κ3) is 3.93. The Kier molecular flexibility index (Phi) is 5.08. The quantitative estimate of drug-likeness (QED) is 0.432. The van der Waals surface area contributed by atoms with Gasteiger partial charge in [-0.2, -0.15) is 0 Å². The van der Waals surface area contributed by atoms with Crippen LogP contribution in [-0.4, -0.2) is 46.0 Å². The van der Waals surface area contributed by atoms with Crippen LogP contribution in [-0.2, 0) is 6.54 Å². The maximum absolute atomic E-state index is 4.81. The fourth-order valence-corrected chi connectivity index (χ4v) is 4.57. The molecule has 0 bridgehead atoms. The van der Waals surface area contributed by atoms with E-state index < -0.39 is 0 Å². The molecular weight excluding hydrogens is 358 g/mol. The minimum absolute atomic E-state index is 0.557. The number of benzene rings is 2. The molecule has 1 aliphatic rings. The third-order valence-electron chi connectivity index (χ3n) is 6.19. The monoisotopic (exact) mass is 387 g/mol. The van der Waals surface area contributed by atoms with E-state index in [9.17, 15) is 0 Å². The second-order valence-corrected chi connectivity index (χ2v) is 8.26. The highest BCUT2D eigenvalue weighted by Crippen LogP contribution is 2.27. The van der Waals surface area contributed by atoms with E-state index in [4.69, 9.17) is 4.98 Å². The van der Waals surface area contributed by atoms with Crippen molar-refractivity contribution in [1.82, 2.24) is 25.2 Å². The molecule has 4 aromatic rings. The smallest absolute Gasteiger partial charge is 0.110 e. The van der Waals surface area contributed by atoms with Gasteiger partial charge in [-0.05, 0) is 62.7 Å². The minimum atomic E-state index is 0.557. The molecule has 0 amide bonds. The van der Waals surface area contributed by atoms with Gasteiger partial charge in [0.2, 0.25) is 0 Å². The van der Waals surface area contributed by atoms with Crippen molar-refractivity contribution in [2.24, 2.45) is 0 Å². The Morgan fingerprint density at radius 1 is 1.03 bits per heavy atom. The van der Waals surface area contributed by atoms with Gasteiger partial charge in [-0.25, -0.2) is 4.98 Å². The number of piperidine rings is 1. The molecule has 5 rings (SSSR count). The van der Waals surface area contributed by atoms with Crippen molar-refractivity contribution in [3.63, 3.8) is 0 Å². The summed E-state index contributed by atoms with van der Waals surface area (Å²) in [5.41, 5.74) is 6.06. The molecule has 1 saturated heterocycles. The Bertz CT molecular complexity index is 1070. The Balaban J connectivity index is 1.10. The lowest BCUT2D eigenvalue weighted by Gasteiger charge is -2.31. The van der Waals surface area contributed by atoms with Gasteiger partial charge in [-0.1, -0.05) is 24.3 Å². The van der Waals surface area contributed by atoms with Crippen LogP contribution in [0, 0.1) is 6.92 Å². The van der Waals surface area contributed by atoms with Gasteiger partial charge in [0.1, 0.15) is 5.82 Å². The van der Waals surface area contributed by atoms with E-state index in [1.807, 2.05) is 0 Å². The Morgan fingerprint density at radius 2 is 1.86 bits per heavy atom. The number of hydrogen-bond acceptors (Lipinski definition) is 3. The molecule has 2 aromatic heterocycles. The van der Waals surface area contributed by atoms with Crippen LogP contribution in [0.1, 0.15) is 35.8 Å². The molecule has 0 atom stereocenters. The van der Waals surface area contributed by atoms with Crippen molar-refractivity contribution in [2.75, 3.05) is 26.2 Å². The Labute approximate surface area is 171 Å². The van der Waals surface area contributed by atoms with Gasteiger partial charge >= 0.3 is 0 Å². The van der Waals surface area contributed by atoms with Crippen LogP contribution in [0.25, 0.3) is 21.9 Å². The molecule has 29 heavy (non-hydrogen) atoms. The highest BCUT2D eigenvalue weighted by molar-refractivity contribution is 5.83. The zero-order valence-corrected chi connectivity index (χ0v) is 17.0. The van der Waals surface area contributed by atoms with Crippen molar-refractivity contribution < 1.29 is 0 Å². The number of fused-ring (bicyclic) bond motifs is 2. The first-order chi connectivity index (χ1) is 14.3. The van der Waals surface area contributed by atoms with Gasteiger partial charge in [-0.3, -0.25) is 0 Å². The number of aromatic nitrogens is 3. The highest BCUT2D eigenvalue weighted by Gasteiger charge is 2.22. The number of para-hydroxylation sites is 2. The van der Waals surface area contributed by atoms with Crippen LogP contribution < -0.4 is 5.32 Å². The zero-order valence-electron chi connectivity index (χ0n) is 17.0.